The van der Waals surface area contributed by atoms with Crippen molar-refractivity contribution in [2.24, 2.45) is 5.41 Å². The summed E-state index contributed by atoms with van der Waals surface area (Å²) in [5, 5.41) is 10.7. The van der Waals surface area contributed by atoms with Gasteiger partial charge in [-0.15, -0.1) is 0 Å². The summed E-state index contributed by atoms with van der Waals surface area (Å²) in [5.41, 5.74) is 0.0398. The van der Waals surface area contributed by atoms with E-state index in [4.69, 9.17) is 4.74 Å². The van der Waals surface area contributed by atoms with E-state index in [1.165, 1.54) is 19.4 Å². The Hall–Kier alpha value is -3.46. The van der Waals surface area contributed by atoms with Gasteiger partial charge in [-0.1, -0.05) is 12.2 Å². The molecule has 0 radical (unpaired) electrons. The minimum Gasteiger partial charge on any atom is -0.497 e. The first-order valence-corrected chi connectivity index (χ1v) is 12.1. The van der Waals surface area contributed by atoms with Crippen LogP contribution in [0.1, 0.15) is 36.8 Å². The number of benzene rings is 2. The first kappa shape index (κ1) is 26.6. The minimum atomic E-state index is -1.25. The standard InChI is InChI=1S/C28H28F4N2O3/c1-37-20-6-7-25-22(16-20)21(24(31)17-33-25)5-2-8-28(27(35)36)9-12-34(13-10-28)11-3-4-18-14-19(29)15-23(30)26(18)32/h3-4,6-7,14-17H,2,5,8-13H2,1H3,(H,35,36). The number of likely N-dealkylation sites (tertiary alicyclic amines) is 1. The van der Waals surface area contributed by atoms with Crippen LogP contribution in [0.3, 0.4) is 0 Å². The summed E-state index contributed by atoms with van der Waals surface area (Å²) in [6.45, 7) is 1.39. The lowest BCUT2D eigenvalue weighted by Gasteiger charge is -2.38. The summed E-state index contributed by atoms with van der Waals surface area (Å²) in [7, 11) is 1.53. The molecule has 1 aliphatic heterocycles. The highest BCUT2D eigenvalue weighted by atomic mass is 19.2. The lowest BCUT2D eigenvalue weighted by Crippen LogP contribution is -2.44. The summed E-state index contributed by atoms with van der Waals surface area (Å²) in [5.74, 6) is -3.93. The molecule has 2 heterocycles. The molecule has 1 aliphatic rings. The highest BCUT2D eigenvalue weighted by molar-refractivity contribution is 5.83. The van der Waals surface area contributed by atoms with Crippen molar-refractivity contribution in [1.82, 2.24) is 9.88 Å². The summed E-state index contributed by atoms with van der Waals surface area (Å²) >= 11 is 0. The molecule has 1 N–H and O–H groups in total. The van der Waals surface area contributed by atoms with Gasteiger partial charge >= 0.3 is 5.97 Å². The average Bonchev–Trinajstić information content (AvgIpc) is 2.88. The van der Waals surface area contributed by atoms with Gasteiger partial charge in [0.1, 0.15) is 17.4 Å². The number of carboxylic acid groups (broad SMARTS) is 1. The number of nitrogens with zero attached hydrogens (tertiary/aromatic N) is 2. The van der Waals surface area contributed by atoms with Crippen LogP contribution in [0, 0.1) is 28.7 Å². The minimum absolute atomic E-state index is 0.178. The second-order valence-electron chi connectivity index (χ2n) is 9.40. The Morgan fingerprint density at radius 3 is 2.59 bits per heavy atom. The van der Waals surface area contributed by atoms with Crippen molar-refractivity contribution in [2.75, 3.05) is 26.7 Å². The molecule has 0 bridgehead atoms. The van der Waals surface area contributed by atoms with Crippen LogP contribution in [0.5, 0.6) is 5.75 Å². The van der Waals surface area contributed by atoms with Crippen LogP contribution in [0.15, 0.2) is 42.6 Å². The predicted molar refractivity (Wildman–Crippen MR) is 132 cm³/mol. The number of halogens is 4. The van der Waals surface area contributed by atoms with Crippen molar-refractivity contribution in [2.45, 2.75) is 32.1 Å². The molecular formula is C28H28F4N2O3. The van der Waals surface area contributed by atoms with E-state index in [0.29, 0.717) is 80.0 Å². The molecule has 0 amide bonds. The van der Waals surface area contributed by atoms with Gasteiger partial charge in [-0.2, -0.15) is 0 Å². The van der Waals surface area contributed by atoms with E-state index >= 15 is 0 Å². The van der Waals surface area contributed by atoms with Crippen molar-refractivity contribution >= 4 is 22.9 Å². The van der Waals surface area contributed by atoms with E-state index in [0.717, 1.165) is 6.07 Å². The van der Waals surface area contributed by atoms with Crippen molar-refractivity contribution < 1.29 is 32.2 Å². The lowest BCUT2D eigenvalue weighted by molar-refractivity contribution is -0.152. The van der Waals surface area contributed by atoms with E-state index in [1.54, 1.807) is 24.3 Å². The summed E-state index contributed by atoms with van der Waals surface area (Å²) in [6.07, 6.45) is 6.19. The van der Waals surface area contributed by atoms with Gasteiger partial charge in [0.05, 0.1) is 24.2 Å². The zero-order valence-electron chi connectivity index (χ0n) is 20.4. The van der Waals surface area contributed by atoms with Crippen LogP contribution >= 0.6 is 0 Å². The molecule has 0 atom stereocenters. The molecule has 37 heavy (non-hydrogen) atoms. The normalized spacial score (nSPS) is 15.9. The Kier molecular flexibility index (Phi) is 8.12. The molecule has 5 nitrogen and oxygen atoms in total. The van der Waals surface area contributed by atoms with Crippen LogP contribution in [-0.4, -0.2) is 47.7 Å². The number of carboxylic acids is 1. The first-order valence-electron chi connectivity index (χ1n) is 12.1. The number of hydrogen-bond donors (Lipinski definition) is 1. The third-order valence-corrected chi connectivity index (χ3v) is 7.17. The van der Waals surface area contributed by atoms with Gasteiger partial charge in [0.25, 0.3) is 0 Å². The second kappa shape index (κ2) is 11.3. The average molecular weight is 517 g/mol. The Balaban J connectivity index is 1.37. The topological polar surface area (TPSA) is 62.7 Å². The maximum atomic E-state index is 14.6. The van der Waals surface area contributed by atoms with Crippen LogP contribution in [0.2, 0.25) is 0 Å². The third-order valence-electron chi connectivity index (χ3n) is 7.17. The molecule has 1 aromatic heterocycles. The van der Waals surface area contributed by atoms with Gasteiger partial charge in [-0.3, -0.25) is 14.7 Å². The van der Waals surface area contributed by atoms with Crippen molar-refractivity contribution in [3.8, 4) is 5.75 Å². The largest absolute Gasteiger partial charge is 0.497 e. The van der Waals surface area contributed by atoms with E-state index in [2.05, 4.69) is 4.98 Å². The molecule has 2 aromatic carbocycles. The van der Waals surface area contributed by atoms with Gasteiger partial charge in [0, 0.05) is 23.6 Å². The first-order chi connectivity index (χ1) is 17.7. The zero-order chi connectivity index (χ0) is 26.6. The van der Waals surface area contributed by atoms with E-state index < -0.39 is 34.7 Å². The SMILES string of the molecule is COc1ccc2ncc(F)c(CCCC3(C(=O)O)CCN(CC=Cc4cc(F)cc(F)c4F)CC3)c2c1. The highest BCUT2D eigenvalue weighted by Gasteiger charge is 2.40. The van der Waals surface area contributed by atoms with Gasteiger partial charge in [-0.25, -0.2) is 17.6 Å². The molecule has 0 aliphatic carbocycles. The second-order valence-corrected chi connectivity index (χ2v) is 9.40. The predicted octanol–water partition coefficient (Wildman–Crippen LogP) is 6.00. The molecular weight excluding hydrogens is 488 g/mol. The Labute approximate surface area is 212 Å². The zero-order valence-corrected chi connectivity index (χ0v) is 20.4. The van der Waals surface area contributed by atoms with Crippen LogP contribution in [0.4, 0.5) is 17.6 Å². The van der Waals surface area contributed by atoms with Gasteiger partial charge in [0.15, 0.2) is 11.6 Å². The number of aryl methyl sites for hydroxylation is 1. The van der Waals surface area contributed by atoms with Crippen LogP contribution in [0.25, 0.3) is 17.0 Å². The fourth-order valence-corrected chi connectivity index (χ4v) is 4.95. The maximum Gasteiger partial charge on any atom is 0.309 e. The van der Waals surface area contributed by atoms with Crippen LogP contribution in [-0.2, 0) is 11.2 Å². The molecule has 0 saturated carbocycles. The number of carbonyl (C=O) groups is 1. The summed E-state index contributed by atoms with van der Waals surface area (Å²) in [4.78, 5) is 18.4. The number of piperidine rings is 1. The maximum absolute atomic E-state index is 14.6. The van der Waals surface area contributed by atoms with Crippen molar-refractivity contribution in [3.05, 3.63) is 77.0 Å². The monoisotopic (exact) mass is 516 g/mol. The van der Waals surface area contributed by atoms with Gasteiger partial charge in [-0.05, 0) is 75.0 Å². The van der Waals surface area contributed by atoms with Crippen LogP contribution < -0.4 is 4.74 Å². The summed E-state index contributed by atoms with van der Waals surface area (Å²) < 4.78 is 60.5. The molecule has 1 saturated heterocycles. The highest BCUT2D eigenvalue weighted by Crippen LogP contribution is 2.37. The van der Waals surface area contributed by atoms with E-state index in [1.807, 2.05) is 4.90 Å². The number of pyridine rings is 1. The number of rotatable bonds is 9. The quantitative estimate of drug-likeness (QED) is 0.279. The van der Waals surface area contributed by atoms with Gasteiger partial charge < -0.3 is 9.84 Å². The number of aromatic nitrogens is 1. The number of aliphatic carboxylic acids is 1. The molecule has 9 heteroatoms. The fraction of sp³-hybridized carbons (Fsp3) is 0.357. The molecule has 0 spiro atoms. The van der Waals surface area contributed by atoms with E-state index in [-0.39, 0.29) is 5.56 Å². The Morgan fingerprint density at radius 2 is 1.89 bits per heavy atom. The Morgan fingerprint density at radius 1 is 1.14 bits per heavy atom. The molecule has 196 valence electrons. The number of fused-ring (bicyclic) bond motifs is 1. The lowest BCUT2D eigenvalue weighted by atomic mass is 9.74. The smallest absolute Gasteiger partial charge is 0.309 e. The Bertz CT molecular complexity index is 1320. The van der Waals surface area contributed by atoms with E-state index in [9.17, 15) is 27.5 Å². The third kappa shape index (κ3) is 5.93. The summed E-state index contributed by atoms with van der Waals surface area (Å²) in [6, 6.07) is 6.67. The molecule has 1 fully saturated rings. The number of methoxy groups -OCH3 is 1. The number of hydrogen-bond acceptors (Lipinski definition) is 4. The molecule has 0 unspecified atom stereocenters. The number of ether oxygens (including phenoxy) is 1. The molecule has 3 aromatic rings. The van der Waals surface area contributed by atoms with Gasteiger partial charge in [0.2, 0.25) is 0 Å². The van der Waals surface area contributed by atoms with Crippen molar-refractivity contribution in [3.63, 3.8) is 0 Å². The fourth-order valence-electron chi connectivity index (χ4n) is 4.95. The van der Waals surface area contributed by atoms with Crippen molar-refractivity contribution in [1.29, 1.82) is 0 Å². The molecule has 4 rings (SSSR count).